The van der Waals surface area contributed by atoms with Crippen LogP contribution in [-0.2, 0) is 6.54 Å². The molecule has 1 aromatic carbocycles. The standard InChI is InChI=1S/C13H12BrClN2O/c1-8-2-5-13(18)12(17-8)7-16-11-6-9(14)3-4-10(11)15/h2-6,16,18H,7H2,1H3. The molecule has 0 radical (unpaired) electrons. The molecule has 0 spiro atoms. The highest BCUT2D eigenvalue weighted by Crippen LogP contribution is 2.26. The number of nitrogens with one attached hydrogen (secondary N) is 1. The van der Waals surface area contributed by atoms with E-state index in [9.17, 15) is 5.11 Å². The quantitative estimate of drug-likeness (QED) is 0.891. The number of aryl methyl sites for hydroxylation is 1. The van der Waals surface area contributed by atoms with Crippen LogP contribution >= 0.6 is 27.5 Å². The highest BCUT2D eigenvalue weighted by atomic mass is 79.9. The average molecular weight is 328 g/mol. The van der Waals surface area contributed by atoms with E-state index in [1.54, 1.807) is 18.2 Å². The molecule has 3 nitrogen and oxygen atoms in total. The predicted molar refractivity (Wildman–Crippen MR) is 77.1 cm³/mol. The molecule has 1 aromatic heterocycles. The van der Waals surface area contributed by atoms with Gasteiger partial charge in [-0.15, -0.1) is 0 Å². The average Bonchev–Trinajstić information content (AvgIpc) is 2.34. The van der Waals surface area contributed by atoms with Crippen molar-refractivity contribution < 1.29 is 5.11 Å². The molecule has 0 saturated heterocycles. The van der Waals surface area contributed by atoms with Gasteiger partial charge in [-0.1, -0.05) is 27.5 Å². The summed E-state index contributed by atoms with van der Waals surface area (Å²) in [5, 5.41) is 13.5. The van der Waals surface area contributed by atoms with Crippen LogP contribution in [0.25, 0.3) is 0 Å². The van der Waals surface area contributed by atoms with Crippen molar-refractivity contribution in [1.29, 1.82) is 0 Å². The van der Waals surface area contributed by atoms with Crippen molar-refractivity contribution in [3.8, 4) is 5.75 Å². The molecule has 0 unspecified atom stereocenters. The smallest absolute Gasteiger partial charge is 0.138 e. The summed E-state index contributed by atoms with van der Waals surface area (Å²) >= 11 is 9.45. The molecule has 0 bridgehead atoms. The molecule has 2 N–H and O–H groups in total. The summed E-state index contributed by atoms with van der Waals surface area (Å²) in [5.74, 6) is 0.180. The molecule has 0 amide bonds. The lowest BCUT2D eigenvalue weighted by molar-refractivity contribution is 0.464. The van der Waals surface area contributed by atoms with Crippen LogP contribution in [0.4, 0.5) is 5.69 Å². The van der Waals surface area contributed by atoms with Gasteiger partial charge in [0, 0.05) is 10.2 Å². The van der Waals surface area contributed by atoms with E-state index in [0.717, 1.165) is 15.9 Å². The van der Waals surface area contributed by atoms with E-state index in [-0.39, 0.29) is 5.75 Å². The van der Waals surface area contributed by atoms with Crippen LogP contribution in [0.15, 0.2) is 34.8 Å². The number of rotatable bonds is 3. The summed E-state index contributed by atoms with van der Waals surface area (Å²) in [5.41, 5.74) is 2.27. The van der Waals surface area contributed by atoms with Crippen molar-refractivity contribution in [2.45, 2.75) is 13.5 Å². The van der Waals surface area contributed by atoms with E-state index in [4.69, 9.17) is 11.6 Å². The molecule has 18 heavy (non-hydrogen) atoms. The maximum Gasteiger partial charge on any atom is 0.138 e. The lowest BCUT2D eigenvalue weighted by Gasteiger charge is -2.10. The highest BCUT2D eigenvalue weighted by Gasteiger charge is 2.05. The van der Waals surface area contributed by atoms with Crippen LogP contribution in [-0.4, -0.2) is 10.1 Å². The monoisotopic (exact) mass is 326 g/mol. The lowest BCUT2D eigenvalue weighted by atomic mass is 10.2. The molecule has 2 rings (SSSR count). The van der Waals surface area contributed by atoms with Gasteiger partial charge < -0.3 is 10.4 Å². The number of hydrogen-bond acceptors (Lipinski definition) is 3. The number of hydrogen-bond donors (Lipinski definition) is 2. The Bertz CT molecular complexity index is 523. The Morgan fingerprint density at radius 2 is 2.11 bits per heavy atom. The molecule has 5 heteroatoms. The topological polar surface area (TPSA) is 45.1 Å². The molecule has 0 aliphatic carbocycles. The maximum absolute atomic E-state index is 9.69. The largest absolute Gasteiger partial charge is 0.506 e. The Balaban J connectivity index is 2.16. The molecular weight excluding hydrogens is 316 g/mol. The zero-order chi connectivity index (χ0) is 13.1. The Hall–Kier alpha value is -1.26. The summed E-state index contributed by atoms with van der Waals surface area (Å²) in [6, 6.07) is 8.97. The van der Waals surface area contributed by atoms with Crippen molar-refractivity contribution in [2.75, 3.05) is 5.32 Å². The number of halogens is 2. The van der Waals surface area contributed by atoms with Gasteiger partial charge >= 0.3 is 0 Å². The number of anilines is 1. The van der Waals surface area contributed by atoms with Gasteiger partial charge in [-0.2, -0.15) is 0 Å². The summed E-state index contributed by atoms with van der Waals surface area (Å²) in [7, 11) is 0. The van der Waals surface area contributed by atoms with Gasteiger partial charge in [-0.3, -0.25) is 4.98 Å². The highest BCUT2D eigenvalue weighted by molar-refractivity contribution is 9.10. The number of aromatic hydroxyl groups is 1. The molecule has 0 aliphatic heterocycles. The molecule has 0 saturated carbocycles. The first kappa shape index (κ1) is 13.2. The van der Waals surface area contributed by atoms with Crippen molar-refractivity contribution in [3.63, 3.8) is 0 Å². The van der Waals surface area contributed by atoms with Crippen LogP contribution in [0.2, 0.25) is 5.02 Å². The predicted octanol–water partition coefficient (Wildman–Crippen LogP) is 4.12. The van der Waals surface area contributed by atoms with Crippen LogP contribution in [0.1, 0.15) is 11.4 Å². The number of pyridine rings is 1. The molecule has 94 valence electrons. The van der Waals surface area contributed by atoms with Gasteiger partial charge in [-0.05, 0) is 37.3 Å². The van der Waals surface area contributed by atoms with Crippen molar-refractivity contribution >= 4 is 33.2 Å². The fraction of sp³-hybridized carbons (Fsp3) is 0.154. The van der Waals surface area contributed by atoms with E-state index in [1.807, 2.05) is 19.1 Å². The fourth-order valence-corrected chi connectivity index (χ4v) is 2.09. The van der Waals surface area contributed by atoms with Crippen molar-refractivity contribution in [2.24, 2.45) is 0 Å². The summed E-state index contributed by atoms with van der Waals surface area (Å²) < 4.78 is 0.941. The minimum Gasteiger partial charge on any atom is -0.506 e. The lowest BCUT2D eigenvalue weighted by Crippen LogP contribution is -2.03. The molecule has 2 aromatic rings. The fourth-order valence-electron chi connectivity index (χ4n) is 1.55. The molecule has 0 fully saturated rings. The van der Waals surface area contributed by atoms with Crippen LogP contribution < -0.4 is 5.32 Å². The zero-order valence-electron chi connectivity index (χ0n) is 9.74. The van der Waals surface area contributed by atoms with Crippen molar-refractivity contribution in [3.05, 3.63) is 51.2 Å². The Morgan fingerprint density at radius 3 is 2.89 bits per heavy atom. The van der Waals surface area contributed by atoms with E-state index in [1.165, 1.54) is 0 Å². The SMILES string of the molecule is Cc1ccc(O)c(CNc2cc(Br)ccc2Cl)n1. The van der Waals surface area contributed by atoms with E-state index in [2.05, 4.69) is 26.2 Å². The van der Waals surface area contributed by atoms with Gasteiger partial charge in [0.2, 0.25) is 0 Å². The van der Waals surface area contributed by atoms with E-state index in [0.29, 0.717) is 17.3 Å². The number of nitrogens with zero attached hydrogens (tertiary/aromatic N) is 1. The van der Waals surface area contributed by atoms with Gasteiger partial charge in [-0.25, -0.2) is 0 Å². The summed E-state index contributed by atoms with van der Waals surface area (Å²) in [4.78, 5) is 4.27. The number of benzene rings is 1. The second kappa shape index (κ2) is 5.59. The number of aromatic nitrogens is 1. The van der Waals surface area contributed by atoms with Gasteiger partial charge in [0.1, 0.15) is 11.4 Å². The van der Waals surface area contributed by atoms with Gasteiger partial charge in [0.25, 0.3) is 0 Å². The summed E-state index contributed by atoms with van der Waals surface area (Å²) in [6.07, 6.45) is 0. The minimum absolute atomic E-state index is 0.180. The Kier molecular flexibility index (Phi) is 4.09. The molecule has 1 heterocycles. The second-order valence-electron chi connectivity index (χ2n) is 3.90. The first-order valence-electron chi connectivity index (χ1n) is 5.40. The Labute approximate surface area is 119 Å². The minimum atomic E-state index is 0.180. The van der Waals surface area contributed by atoms with E-state index < -0.39 is 0 Å². The Morgan fingerprint density at radius 1 is 1.33 bits per heavy atom. The van der Waals surface area contributed by atoms with Crippen LogP contribution in [0.3, 0.4) is 0 Å². The zero-order valence-corrected chi connectivity index (χ0v) is 12.1. The van der Waals surface area contributed by atoms with Gasteiger partial charge in [0.15, 0.2) is 0 Å². The normalized spacial score (nSPS) is 10.4. The molecular formula is C13H12BrClN2O. The van der Waals surface area contributed by atoms with Gasteiger partial charge in [0.05, 0.1) is 17.3 Å². The molecule has 0 aliphatic rings. The maximum atomic E-state index is 9.69. The van der Waals surface area contributed by atoms with Crippen LogP contribution in [0, 0.1) is 6.92 Å². The third kappa shape index (κ3) is 3.15. The first-order valence-corrected chi connectivity index (χ1v) is 6.58. The third-order valence-electron chi connectivity index (χ3n) is 2.46. The van der Waals surface area contributed by atoms with E-state index >= 15 is 0 Å². The third-order valence-corrected chi connectivity index (χ3v) is 3.29. The summed E-state index contributed by atoms with van der Waals surface area (Å²) in [6.45, 7) is 2.30. The first-order chi connectivity index (χ1) is 8.56. The molecule has 0 atom stereocenters. The van der Waals surface area contributed by atoms with Crippen molar-refractivity contribution in [1.82, 2.24) is 4.98 Å². The second-order valence-corrected chi connectivity index (χ2v) is 5.22. The van der Waals surface area contributed by atoms with Crippen LogP contribution in [0.5, 0.6) is 5.75 Å².